The topological polar surface area (TPSA) is 118 Å². The van der Waals surface area contributed by atoms with Crippen LogP contribution in [0.4, 0.5) is 11.5 Å². The van der Waals surface area contributed by atoms with Crippen molar-refractivity contribution in [1.82, 2.24) is 35.0 Å². The first kappa shape index (κ1) is 25.7. The van der Waals surface area contributed by atoms with E-state index in [-0.39, 0.29) is 17.7 Å². The summed E-state index contributed by atoms with van der Waals surface area (Å²) in [7, 11) is 0. The zero-order chi connectivity index (χ0) is 26.5. The van der Waals surface area contributed by atoms with E-state index >= 15 is 0 Å². The van der Waals surface area contributed by atoms with Crippen molar-refractivity contribution < 1.29 is 14.4 Å². The molecule has 2 fully saturated rings. The van der Waals surface area contributed by atoms with Crippen LogP contribution in [0.5, 0.6) is 0 Å². The summed E-state index contributed by atoms with van der Waals surface area (Å²) >= 11 is 0. The van der Waals surface area contributed by atoms with Crippen LogP contribution in [-0.4, -0.2) is 106 Å². The third kappa shape index (κ3) is 5.77. The van der Waals surface area contributed by atoms with E-state index < -0.39 is 0 Å². The number of carbonyl (C=O) groups is 3. The number of aromatic nitrogens is 3. The average Bonchev–Trinajstić information content (AvgIpc) is 3.64. The van der Waals surface area contributed by atoms with Crippen LogP contribution in [0.25, 0.3) is 11.0 Å². The van der Waals surface area contributed by atoms with Crippen molar-refractivity contribution in [2.45, 2.75) is 19.8 Å². The number of hydrogen-bond donors (Lipinski definition) is 2. The molecule has 2 aliphatic rings. The maximum Gasteiger partial charge on any atom is 0.254 e. The van der Waals surface area contributed by atoms with E-state index in [1.54, 1.807) is 0 Å². The molecule has 1 aromatic carbocycles. The second kappa shape index (κ2) is 11.6. The molecule has 38 heavy (non-hydrogen) atoms. The predicted molar refractivity (Wildman–Crippen MR) is 144 cm³/mol. The van der Waals surface area contributed by atoms with Crippen LogP contribution in [0.15, 0.2) is 42.9 Å². The Labute approximate surface area is 221 Å². The summed E-state index contributed by atoms with van der Waals surface area (Å²) in [6.07, 6.45) is 5.49. The first-order valence-corrected chi connectivity index (χ1v) is 13.2. The molecule has 11 heteroatoms. The van der Waals surface area contributed by atoms with Gasteiger partial charge in [-0.2, -0.15) is 0 Å². The molecule has 0 saturated carbocycles. The Morgan fingerprint density at radius 1 is 1.00 bits per heavy atom. The van der Waals surface area contributed by atoms with Gasteiger partial charge in [0.05, 0.1) is 11.9 Å². The van der Waals surface area contributed by atoms with Crippen molar-refractivity contribution in [3.8, 4) is 0 Å². The van der Waals surface area contributed by atoms with Gasteiger partial charge in [0.25, 0.3) is 5.91 Å². The van der Waals surface area contributed by atoms with E-state index in [0.29, 0.717) is 62.8 Å². The van der Waals surface area contributed by atoms with Gasteiger partial charge in [-0.3, -0.25) is 19.3 Å². The van der Waals surface area contributed by atoms with Gasteiger partial charge in [-0.1, -0.05) is 6.07 Å². The first-order valence-electron chi connectivity index (χ1n) is 13.2. The average molecular weight is 519 g/mol. The molecule has 5 rings (SSSR count). The minimum absolute atomic E-state index is 0.0336. The van der Waals surface area contributed by atoms with Crippen molar-refractivity contribution >= 4 is 40.3 Å². The molecule has 2 aromatic heterocycles. The Balaban J connectivity index is 1.29. The highest BCUT2D eigenvalue weighted by Gasteiger charge is 2.26. The van der Waals surface area contributed by atoms with Crippen molar-refractivity contribution in [2.24, 2.45) is 0 Å². The zero-order valence-electron chi connectivity index (χ0n) is 21.7. The molecule has 0 aliphatic carbocycles. The minimum Gasteiger partial charge on any atom is -0.355 e. The molecule has 2 N–H and O–H groups in total. The number of hydrogen-bond acceptors (Lipinski definition) is 7. The standard InChI is InChI=1S/C27H34N8O3/c1-20(36)28-9-12-35(26-23-7-8-29-25(23)30-19-31-26)22-6-4-5-21(17-22)27(38)34-15-13-32(14-16-34)18-24(37)33-10-2-3-11-33/h4-8,17,19H,2-3,9-16,18H2,1H3,(H,28,36)(H,29,30,31). The predicted octanol–water partition coefficient (Wildman–Crippen LogP) is 1.61. The molecule has 0 unspecified atom stereocenters. The molecule has 0 atom stereocenters. The lowest BCUT2D eigenvalue weighted by molar-refractivity contribution is -0.131. The molecule has 4 heterocycles. The largest absolute Gasteiger partial charge is 0.355 e. The minimum atomic E-state index is -0.107. The molecule has 0 radical (unpaired) electrons. The number of nitrogens with one attached hydrogen (secondary N) is 2. The molecule has 11 nitrogen and oxygen atoms in total. The number of anilines is 2. The number of aromatic amines is 1. The highest BCUT2D eigenvalue weighted by Crippen LogP contribution is 2.29. The smallest absolute Gasteiger partial charge is 0.254 e. The molecule has 2 saturated heterocycles. The van der Waals surface area contributed by atoms with Crippen molar-refractivity contribution in [1.29, 1.82) is 0 Å². The number of fused-ring (bicyclic) bond motifs is 1. The van der Waals surface area contributed by atoms with Gasteiger partial charge in [0, 0.05) is 76.7 Å². The molecular formula is C27H34N8O3. The molecule has 3 aromatic rings. The van der Waals surface area contributed by atoms with Crippen molar-refractivity contribution in [3.05, 3.63) is 48.4 Å². The number of carbonyl (C=O) groups excluding carboxylic acids is 3. The first-order chi connectivity index (χ1) is 18.5. The van der Waals surface area contributed by atoms with E-state index in [9.17, 15) is 14.4 Å². The second-order valence-corrected chi connectivity index (χ2v) is 9.78. The maximum absolute atomic E-state index is 13.4. The lowest BCUT2D eigenvalue weighted by atomic mass is 10.1. The van der Waals surface area contributed by atoms with E-state index in [1.807, 2.05) is 51.2 Å². The van der Waals surface area contributed by atoms with Crippen LogP contribution >= 0.6 is 0 Å². The van der Waals surface area contributed by atoms with E-state index in [1.165, 1.54) is 13.3 Å². The lowest BCUT2D eigenvalue weighted by Gasteiger charge is -2.35. The highest BCUT2D eigenvalue weighted by atomic mass is 16.2. The number of rotatable bonds is 8. The normalized spacial score (nSPS) is 16.1. The van der Waals surface area contributed by atoms with Gasteiger partial charge in [-0.15, -0.1) is 0 Å². The molecule has 3 amide bonds. The Morgan fingerprint density at radius 2 is 1.79 bits per heavy atom. The van der Waals surface area contributed by atoms with Crippen LogP contribution in [-0.2, 0) is 9.59 Å². The number of amides is 3. The van der Waals surface area contributed by atoms with Gasteiger partial charge in [0.1, 0.15) is 17.8 Å². The summed E-state index contributed by atoms with van der Waals surface area (Å²) < 4.78 is 0. The number of H-pyrrole nitrogens is 1. The molecule has 0 spiro atoms. The Hall–Kier alpha value is -3.99. The summed E-state index contributed by atoms with van der Waals surface area (Å²) in [6, 6.07) is 9.42. The molecule has 200 valence electrons. The third-order valence-corrected chi connectivity index (χ3v) is 7.18. The number of nitrogens with zero attached hydrogens (tertiary/aromatic N) is 6. The number of likely N-dealkylation sites (tertiary alicyclic amines) is 1. The summed E-state index contributed by atoms with van der Waals surface area (Å²) in [5.41, 5.74) is 2.11. The van der Waals surface area contributed by atoms with Gasteiger partial charge in [-0.05, 0) is 37.1 Å². The van der Waals surface area contributed by atoms with Crippen LogP contribution < -0.4 is 10.2 Å². The van der Waals surface area contributed by atoms with Crippen LogP contribution in [0.3, 0.4) is 0 Å². The van der Waals surface area contributed by atoms with Gasteiger partial charge in [0.15, 0.2) is 0 Å². The Bertz CT molecular complexity index is 1290. The second-order valence-electron chi connectivity index (χ2n) is 9.78. The summed E-state index contributed by atoms with van der Waals surface area (Å²) in [4.78, 5) is 57.3. The van der Waals surface area contributed by atoms with E-state index in [4.69, 9.17) is 0 Å². The van der Waals surface area contributed by atoms with E-state index in [0.717, 1.165) is 37.0 Å². The fourth-order valence-corrected chi connectivity index (χ4v) is 5.13. The third-order valence-electron chi connectivity index (χ3n) is 7.18. The number of piperazine rings is 1. The fourth-order valence-electron chi connectivity index (χ4n) is 5.13. The van der Waals surface area contributed by atoms with Crippen LogP contribution in [0.2, 0.25) is 0 Å². The quantitative estimate of drug-likeness (QED) is 0.465. The van der Waals surface area contributed by atoms with Gasteiger partial charge in [0.2, 0.25) is 11.8 Å². The molecule has 0 bridgehead atoms. The summed E-state index contributed by atoms with van der Waals surface area (Å²) in [5.74, 6) is 0.747. The highest BCUT2D eigenvalue weighted by molar-refractivity contribution is 5.96. The summed E-state index contributed by atoms with van der Waals surface area (Å²) in [6.45, 7) is 7.05. The molecule has 2 aliphatic heterocycles. The number of benzene rings is 1. The fraction of sp³-hybridized carbons (Fsp3) is 0.444. The van der Waals surface area contributed by atoms with Gasteiger partial charge in [-0.25, -0.2) is 9.97 Å². The SMILES string of the molecule is CC(=O)NCCN(c1cccc(C(=O)N2CCN(CC(=O)N3CCCC3)CC2)c1)c1ncnc2[nH]ccc12. The molecular weight excluding hydrogens is 484 g/mol. The van der Waals surface area contributed by atoms with Gasteiger partial charge >= 0.3 is 0 Å². The van der Waals surface area contributed by atoms with Gasteiger partial charge < -0.3 is 25.0 Å². The zero-order valence-corrected chi connectivity index (χ0v) is 21.7. The lowest BCUT2D eigenvalue weighted by Crippen LogP contribution is -2.51. The Kier molecular flexibility index (Phi) is 7.83. The van der Waals surface area contributed by atoms with Crippen molar-refractivity contribution in [3.63, 3.8) is 0 Å². The Morgan fingerprint density at radius 3 is 2.55 bits per heavy atom. The van der Waals surface area contributed by atoms with Crippen molar-refractivity contribution in [2.75, 3.05) is 63.8 Å². The summed E-state index contributed by atoms with van der Waals surface area (Å²) in [5, 5.41) is 3.70. The maximum atomic E-state index is 13.4. The van der Waals surface area contributed by atoms with E-state index in [2.05, 4.69) is 25.2 Å². The monoisotopic (exact) mass is 518 g/mol. The van der Waals surface area contributed by atoms with Crippen LogP contribution in [0, 0.1) is 0 Å². The van der Waals surface area contributed by atoms with Crippen LogP contribution in [0.1, 0.15) is 30.1 Å².